The summed E-state index contributed by atoms with van der Waals surface area (Å²) in [6, 6.07) is 12.1. The number of benzene rings is 1. The van der Waals surface area contributed by atoms with Crippen molar-refractivity contribution in [3.8, 4) is 11.5 Å². The van der Waals surface area contributed by atoms with Crippen LogP contribution in [0.5, 0.6) is 0 Å². The number of nitrogens with one attached hydrogen (secondary N) is 1. The second kappa shape index (κ2) is 8.85. The van der Waals surface area contributed by atoms with E-state index in [1.807, 2.05) is 52.8 Å². The van der Waals surface area contributed by atoms with E-state index in [2.05, 4.69) is 41.2 Å². The topological polar surface area (TPSA) is 58.3 Å². The molecule has 0 unspecified atom stereocenters. The number of rotatable bonds is 6. The Hall–Kier alpha value is -2.90. The van der Waals surface area contributed by atoms with E-state index in [-0.39, 0.29) is 5.91 Å². The zero-order valence-electron chi connectivity index (χ0n) is 18.0. The molecule has 3 aromatic rings. The van der Waals surface area contributed by atoms with Crippen LogP contribution in [0.15, 0.2) is 48.8 Å². The fourth-order valence-electron chi connectivity index (χ4n) is 3.85. The van der Waals surface area contributed by atoms with Crippen LogP contribution in [-0.2, 0) is 0 Å². The van der Waals surface area contributed by atoms with Crippen molar-refractivity contribution in [2.45, 2.75) is 13.8 Å². The van der Waals surface area contributed by atoms with E-state index >= 15 is 0 Å². The minimum atomic E-state index is -0.0799. The van der Waals surface area contributed by atoms with Gasteiger partial charge in [0.15, 0.2) is 5.82 Å². The number of aromatic nitrogens is 3. The van der Waals surface area contributed by atoms with Crippen molar-refractivity contribution < 1.29 is 4.79 Å². The molecule has 30 heavy (non-hydrogen) atoms. The van der Waals surface area contributed by atoms with Crippen molar-refractivity contribution in [3.05, 3.63) is 65.6 Å². The van der Waals surface area contributed by atoms with Crippen molar-refractivity contribution in [2.75, 3.05) is 46.3 Å². The van der Waals surface area contributed by atoms with Gasteiger partial charge in [-0.1, -0.05) is 17.7 Å². The lowest BCUT2D eigenvalue weighted by atomic mass is 10.2. The predicted octanol–water partition coefficient (Wildman–Crippen LogP) is 2.26. The highest BCUT2D eigenvalue weighted by Gasteiger charge is 2.23. The maximum Gasteiger partial charge on any atom is 0.257 e. The Morgan fingerprint density at radius 1 is 1.03 bits per heavy atom. The average Bonchev–Trinajstić information content (AvgIpc) is 3.37. The molecule has 0 aliphatic carbocycles. The largest absolute Gasteiger partial charge is 0.351 e. The monoisotopic (exact) mass is 406 g/mol. The molecule has 4 rings (SSSR count). The Morgan fingerprint density at radius 2 is 1.70 bits per heavy atom. The Kier molecular flexibility index (Phi) is 6.01. The summed E-state index contributed by atoms with van der Waals surface area (Å²) in [4.78, 5) is 17.9. The number of aryl methyl sites for hydroxylation is 2. The SMILES string of the molecule is Cc1ccc(-n2nc(C)c(C(=O)NCCN3CCN(C)CC3)c2-n2cccc2)cc1. The molecule has 1 aromatic carbocycles. The molecular formula is C23H30N6O. The molecule has 1 amide bonds. The number of likely N-dealkylation sites (N-methyl/N-ethyl adjacent to an activating group) is 1. The number of carbonyl (C=O) groups excluding carboxylic acids is 1. The zero-order valence-corrected chi connectivity index (χ0v) is 18.0. The Labute approximate surface area is 177 Å². The Bertz CT molecular complexity index is 982. The third-order valence-corrected chi connectivity index (χ3v) is 5.70. The lowest BCUT2D eigenvalue weighted by Gasteiger charge is -2.32. The van der Waals surface area contributed by atoms with Gasteiger partial charge in [0.1, 0.15) is 5.56 Å². The normalized spacial score (nSPS) is 15.4. The molecule has 7 heteroatoms. The number of carbonyl (C=O) groups is 1. The van der Waals surface area contributed by atoms with E-state index in [1.54, 1.807) is 0 Å². The van der Waals surface area contributed by atoms with Crippen LogP contribution in [0.2, 0.25) is 0 Å². The van der Waals surface area contributed by atoms with E-state index in [0.29, 0.717) is 12.1 Å². The van der Waals surface area contributed by atoms with Gasteiger partial charge in [-0.15, -0.1) is 0 Å². The molecular weight excluding hydrogens is 376 g/mol. The summed E-state index contributed by atoms with van der Waals surface area (Å²) in [5.41, 5.74) is 3.46. The number of amides is 1. The number of hydrogen-bond acceptors (Lipinski definition) is 4. The molecule has 158 valence electrons. The minimum Gasteiger partial charge on any atom is -0.351 e. The second-order valence-electron chi connectivity index (χ2n) is 8.02. The minimum absolute atomic E-state index is 0.0799. The first-order valence-corrected chi connectivity index (χ1v) is 10.5. The van der Waals surface area contributed by atoms with Gasteiger partial charge in [-0.3, -0.25) is 9.69 Å². The fourth-order valence-corrected chi connectivity index (χ4v) is 3.85. The van der Waals surface area contributed by atoms with Gasteiger partial charge in [0.25, 0.3) is 5.91 Å². The van der Waals surface area contributed by atoms with Gasteiger partial charge < -0.3 is 14.8 Å². The third kappa shape index (κ3) is 4.32. The van der Waals surface area contributed by atoms with Crippen molar-refractivity contribution in [3.63, 3.8) is 0 Å². The van der Waals surface area contributed by atoms with Crippen LogP contribution < -0.4 is 5.32 Å². The summed E-state index contributed by atoms with van der Waals surface area (Å²) in [5.74, 6) is 0.683. The molecule has 0 radical (unpaired) electrons. The van der Waals surface area contributed by atoms with Crippen LogP contribution >= 0.6 is 0 Å². The quantitative estimate of drug-likeness (QED) is 0.682. The lowest BCUT2D eigenvalue weighted by Crippen LogP contribution is -2.47. The molecule has 0 saturated carbocycles. The molecule has 1 N–H and O–H groups in total. The first-order valence-electron chi connectivity index (χ1n) is 10.5. The van der Waals surface area contributed by atoms with Crippen LogP contribution in [0, 0.1) is 13.8 Å². The van der Waals surface area contributed by atoms with Crippen LogP contribution in [0.25, 0.3) is 11.5 Å². The van der Waals surface area contributed by atoms with Gasteiger partial charge in [-0.05, 0) is 45.2 Å². The van der Waals surface area contributed by atoms with Gasteiger partial charge in [-0.2, -0.15) is 5.10 Å². The first kappa shape index (κ1) is 20.4. The van der Waals surface area contributed by atoms with Crippen molar-refractivity contribution in [1.82, 2.24) is 29.5 Å². The van der Waals surface area contributed by atoms with E-state index < -0.39 is 0 Å². The fraction of sp³-hybridized carbons (Fsp3) is 0.391. The molecule has 1 saturated heterocycles. The number of piperazine rings is 1. The summed E-state index contributed by atoms with van der Waals surface area (Å²) in [6.45, 7) is 9.70. The Balaban J connectivity index is 1.56. The van der Waals surface area contributed by atoms with E-state index in [0.717, 1.165) is 49.9 Å². The van der Waals surface area contributed by atoms with Crippen LogP contribution in [-0.4, -0.2) is 76.4 Å². The molecule has 0 spiro atoms. The second-order valence-corrected chi connectivity index (χ2v) is 8.02. The maximum absolute atomic E-state index is 13.2. The molecule has 1 aliphatic heterocycles. The third-order valence-electron chi connectivity index (χ3n) is 5.70. The van der Waals surface area contributed by atoms with Crippen LogP contribution in [0.3, 0.4) is 0 Å². The number of hydrogen-bond donors (Lipinski definition) is 1. The summed E-state index contributed by atoms with van der Waals surface area (Å²) >= 11 is 0. The van der Waals surface area contributed by atoms with Gasteiger partial charge in [-0.25, -0.2) is 4.68 Å². The summed E-state index contributed by atoms with van der Waals surface area (Å²) in [7, 11) is 2.15. The van der Waals surface area contributed by atoms with Gasteiger partial charge in [0.05, 0.1) is 11.4 Å². The van der Waals surface area contributed by atoms with Crippen LogP contribution in [0.1, 0.15) is 21.6 Å². The summed E-state index contributed by atoms with van der Waals surface area (Å²) in [6.07, 6.45) is 3.89. The highest BCUT2D eigenvalue weighted by atomic mass is 16.1. The molecule has 7 nitrogen and oxygen atoms in total. The standard InChI is InChI=1S/C23H30N6O/c1-18-6-8-20(9-7-18)29-23(28-11-4-5-12-28)21(19(2)25-29)22(30)24-10-13-27-16-14-26(3)15-17-27/h4-9,11-12H,10,13-17H2,1-3H3,(H,24,30). The van der Waals surface area contributed by atoms with Gasteiger partial charge in [0.2, 0.25) is 0 Å². The highest BCUT2D eigenvalue weighted by Crippen LogP contribution is 2.23. The smallest absolute Gasteiger partial charge is 0.257 e. The lowest BCUT2D eigenvalue weighted by molar-refractivity contribution is 0.0940. The molecule has 3 heterocycles. The highest BCUT2D eigenvalue weighted by molar-refractivity contribution is 5.98. The van der Waals surface area contributed by atoms with Crippen molar-refractivity contribution >= 4 is 5.91 Å². The summed E-state index contributed by atoms with van der Waals surface area (Å²) in [5, 5.41) is 7.83. The molecule has 0 bridgehead atoms. The van der Waals surface area contributed by atoms with Crippen LogP contribution in [0.4, 0.5) is 0 Å². The molecule has 1 fully saturated rings. The predicted molar refractivity (Wildman–Crippen MR) is 119 cm³/mol. The Morgan fingerprint density at radius 3 is 2.37 bits per heavy atom. The average molecular weight is 407 g/mol. The van der Waals surface area contributed by atoms with Gasteiger partial charge >= 0.3 is 0 Å². The van der Waals surface area contributed by atoms with Crippen molar-refractivity contribution in [2.24, 2.45) is 0 Å². The van der Waals surface area contributed by atoms with E-state index in [1.165, 1.54) is 5.56 Å². The molecule has 2 aromatic heterocycles. The van der Waals surface area contributed by atoms with E-state index in [9.17, 15) is 4.79 Å². The number of nitrogens with zero attached hydrogens (tertiary/aromatic N) is 5. The molecule has 1 aliphatic rings. The van der Waals surface area contributed by atoms with Crippen molar-refractivity contribution in [1.29, 1.82) is 0 Å². The van der Waals surface area contributed by atoms with Gasteiger partial charge in [0, 0.05) is 51.7 Å². The first-order chi connectivity index (χ1) is 14.5. The zero-order chi connectivity index (χ0) is 21.1. The molecule has 0 atom stereocenters. The maximum atomic E-state index is 13.2. The van der Waals surface area contributed by atoms with E-state index in [4.69, 9.17) is 5.10 Å². The summed E-state index contributed by atoms with van der Waals surface area (Å²) < 4.78 is 3.80.